The lowest BCUT2D eigenvalue weighted by atomic mass is 9.99. The number of methoxy groups -OCH3 is 1. The summed E-state index contributed by atoms with van der Waals surface area (Å²) < 4.78 is 32.6. The second-order valence-corrected chi connectivity index (χ2v) is 8.47. The van der Waals surface area contributed by atoms with E-state index in [9.17, 15) is 13.2 Å². The molecule has 1 aliphatic heterocycles. The van der Waals surface area contributed by atoms with Crippen molar-refractivity contribution in [2.45, 2.75) is 31.2 Å². The molecule has 144 valence electrons. The van der Waals surface area contributed by atoms with Crippen LogP contribution in [0, 0.1) is 0 Å². The Hall–Kier alpha value is -2.38. The maximum absolute atomic E-state index is 13.2. The molecule has 0 aliphatic carbocycles. The first-order chi connectivity index (χ1) is 12.9. The number of rotatable bonds is 6. The summed E-state index contributed by atoms with van der Waals surface area (Å²) in [5.74, 6) is -0.368. The number of carbonyl (C=O) groups is 1. The third-order valence-electron chi connectivity index (χ3n) is 4.59. The van der Waals surface area contributed by atoms with Crippen LogP contribution in [0.3, 0.4) is 0 Å². The number of ether oxygens (including phenoxy) is 1. The molecule has 0 saturated heterocycles. The third-order valence-corrected chi connectivity index (χ3v) is 6.41. The molecule has 1 N–H and O–H groups in total. The summed E-state index contributed by atoms with van der Waals surface area (Å²) in [4.78, 5) is 12.7. The fraction of sp³-hybridized carbons (Fsp3) is 0.350. The van der Waals surface area contributed by atoms with E-state index in [1.807, 2.05) is 31.2 Å². The standard InChI is InChI=1S/C20H24N2O4S/c1-4-15-9-10-18-17(11-15)16-7-5-6-8-19(16)27(24,25)22(18)12-20(23)21-14(2)13-26-3/h5-11,14H,4,12-13H2,1-3H3,(H,21,23). The van der Waals surface area contributed by atoms with Gasteiger partial charge in [-0.25, -0.2) is 8.42 Å². The van der Waals surface area contributed by atoms with E-state index in [4.69, 9.17) is 4.74 Å². The van der Waals surface area contributed by atoms with Crippen molar-refractivity contribution in [1.82, 2.24) is 5.32 Å². The highest BCUT2D eigenvalue weighted by Gasteiger charge is 2.36. The Morgan fingerprint density at radius 3 is 2.63 bits per heavy atom. The molecule has 0 bridgehead atoms. The fourth-order valence-electron chi connectivity index (χ4n) is 3.31. The lowest BCUT2D eigenvalue weighted by molar-refractivity contribution is -0.120. The van der Waals surface area contributed by atoms with Gasteiger partial charge in [0.05, 0.1) is 17.2 Å². The normalized spacial score (nSPS) is 15.6. The van der Waals surface area contributed by atoms with Gasteiger partial charge in [0.25, 0.3) is 10.0 Å². The maximum Gasteiger partial charge on any atom is 0.265 e. The Labute approximate surface area is 160 Å². The van der Waals surface area contributed by atoms with E-state index in [-0.39, 0.29) is 23.4 Å². The summed E-state index contributed by atoms with van der Waals surface area (Å²) >= 11 is 0. The third kappa shape index (κ3) is 3.70. The van der Waals surface area contributed by atoms with Gasteiger partial charge < -0.3 is 10.1 Å². The Morgan fingerprint density at radius 1 is 1.19 bits per heavy atom. The van der Waals surface area contributed by atoms with Gasteiger partial charge in [-0.2, -0.15) is 0 Å². The van der Waals surface area contributed by atoms with E-state index >= 15 is 0 Å². The van der Waals surface area contributed by atoms with Gasteiger partial charge in [0.1, 0.15) is 6.54 Å². The molecule has 1 amide bonds. The van der Waals surface area contributed by atoms with E-state index in [1.54, 1.807) is 25.3 Å². The quantitative estimate of drug-likeness (QED) is 0.825. The second kappa shape index (κ2) is 7.70. The van der Waals surface area contributed by atoms with Crippen LogP contribution >= 0.6 is 0 Å². The SMILES string of the molecule is CCc1ccc2c(c1)-c1ccccc1S(=O)(=O)N2CC(=O)NC(C)COC. The number of hydrogen-bond acceptors (Lipinski definition) is 4. The Kier molecular flexibility index (Phi) is 5.53. The van der Waals surface area contributed by atoms with Crippen molar-refractivity contribution in [1.29, 1.82) is 0 Å². The molecular formula is C20H24N2O4S. The van der Waals surface area contributed by atoms with Crippen LogP contribution in [0.5, 0.6) is 0 Å². The highest BCUT2D eigenvalue weighted by molar-refractivity contribution is 7.93. The van der Waals surface area contributed by atoms with Gasteiger partial charge in [0, 0.05) is 24.3 Å². The predicted molar refractivity (Wildman–Crippen MR) is 105 cm³/mol. The van der Waals surface area contributed by atoms with Crippen molar-refractivity contribution in [3.8, 4) is 11.1 Å². The Morgan fingerprint density at radius 2 is 1.93 bits per heavy atom. The maximum atomic E-state index is 13.2. The van der Waals surface area contributed by atoms with Crippen molar-refractivity contribution < 1.29 is 17.9 Å². The van der Waals surface area contributed by atoms with Crippen LogP contribution in [0.1, 0.15) is 19.4 Å². The average Bonchev–Trinajstić information content (AvgIpc) is 2.65. The van der Waals surface area contributed by atoms with Crippen molar-refractivity contribution >= 4 is 21.6 Å². The number of fused-ring (bicyclic) bond motifs is 3. The van der Waals surface area contributed by atoms with Gasteiger partial charge in [-0.15, -0.1) is 0 Å². The van der Waals surface area contributed by atoms with Crippen LogP contribution in [0.15, 0.2) is 47.4 Å². The molecule has 7 heteroatoms. The van der Waals surface area contributed by atoms with E-state index in [2.05, 4.69) is 12.2 Å². The molecule has 1 atom stereocenters. The smallest absolute Gasteiger partial charge is 0.265 e. The van der Waals surface area contributed by atoms with Gasteiger partial charge in [0.2, 0.25) is 5.91 Å². The number of amides is 1. The van der Waals surface area contributed by atoms with Crippen LogP contribution in [-0.4, -0.2) is 40.6 Å². The van der Waals surface area contributed by atoms with E-state index in [0.29, 0.717) is 17.9 Å². The number of nitrogens with one attached hydrogen (secondary N) is 1. The summed E-state index contributed by atoms with van der Waals surface area (Å²) in [6.07, 6.45) is 0.844. The number of benzene rings is 2. The lowest BCUT2D eigenvalue weighted by Crippen LogP contribution is -2.45. The zero-order chi connectivity index (χ0) is 19.6. The van der Waals surface area contributed by atoms with E-state index in [0.717, 1.165) is 17.5 Å². The number of sulfonamides is 1. The molecule has 3 rings (SSSR count). The minimum atomic E-state index is -3.82. The van der Waals surface area contributed by atoms with Crippen LogP contribution < -0.4 is 9.62 Å². The predicted octanol–water partition coefficient (Wildman–Crippen LogP) is 2.58. The zero-order valence-electron chi connectivity index (χ0n) is 15.7. The molecule has 2 aromatic rings. The lowest BCUT2D eigenvalue weighted by Gasteiger charge is -2.32. The molecule has 0 spiro atoms. The van der Waals surface area contributed by atoms with Crippen molar-refractivity contribution in [3.63, 3.8) is 0 Å². The molecule has 27 heavy (non-hydrogen) atoms. The van der Waals surface area contributed by atoms with E-state index < -0.39 is 10.0 Å². The molecular weight excluding hydrogens is 364 g/mol. The average molecular weight is 388 g/mol. The number of hydrogen-bond donors (Lipinski definition) is 1. The fourth-order valence-corrected chi connectivity index (χ4v) is 4.96. The van der Waals surface area contributed by atoms with Crippen molar-refractivity contribution in [2.75, 3.05) is 24.6 Å². The zero-order valence-corrected chi connectivity index (χ0v) is 16.5. The molecule has 0 saturated carbocycles. The molecule has 2 aromatic carbocycles. The van der Waals surface area contributed by atoms with Crippen LogP contribution in [0.2, 0.25) is 0 Å². The van der Waals surface area contributed by atoms with Gasteiger partial charge >= 0.3 is 0 Å². The Bertz CT molecular complexity index is 956. The van der Waals surface area contributed by atoms with Gasteiger partial charge in [0.15, 0.2) is 0 Å². The molecule has 0 radical (unpaired) electrons. The summed E-state index contributed by atoms with van der Waals surface area (Å²) in [6.45, 7) is 3.94. The van der Waals surface area contributed by atoms with Gasteiger partial charge in [-0.3, -0.25) is 9.10 Å². The number of anilines is 1. The summed E-state index contributed by atoms with van der Waals surface area (Å²) in [7, 11) is -2.27. The van der Waals surface area contributed by atoms with E-state index in [1.165, 1.54) is 4.31 Å². The summed E-state index contributed by atoms with van der Waals surface area (Å²) in [5.41, 5.74) is 3.14. The molecule has 1 unspecified atom stereocenters. The van der Waals surface area contributed by atoms with Crippen LogP contribution in [0.4, 0.5) is 5.69 Å². The highest BCUT2D eigenvalue weighted by atomic mass is 32.2. The summed E-state index contributed by atoms with van der Waals surface area (Å²) in [5, 5.41) is 2.77. The minimum Gasteiger partial charge on any atom is -0.383 e. The second-order valence-electron chi connectivity index (χ2n) is 6.64. The van der Waals surface area contributed by atoms with Crippen LogP contribution in [-0.2, 0) is 26.0 Å². The molecule has 0 aromatic heterocycles. The Balaban J connectivity index is 2.04. The van der Waals surface area contributed by atoms with Gasteiger partial charge in [-0.1, -0.05) is 31.2 Å². The molecule has 1 aliphatic rings. The number of carbonyl (C=O) groups excluding carboxylic acids is 1. The first kappa shape index (κ1) is 19.4. The topological polar surface area (TPSA) is 75.7 Å². The molecule has 1 heterocycles. The van der Waals surface area contributed by atoms with Crippen molar-refractivity contribution in [3.05, 3.63) is 48.0 Å². The molecule has 6 nitrogen and oxygen atoms in total. The van der Waals surface area contributed by atoms with Crippen molar-refractivity contribution in [2.24, 2.45) is 0 Å². The minimum absolute atomic E-state index is 0.204. The van der Waals surface area contributed by atoms with Gasteiger partial charge in [-0.05, 0) is 37.1 Å². The summed E-state index contributed by atoms with van der Waals surface area (Å²) in [6, 6.07) is 12.4. The van der Waals surface area contributed by atoms with Crippen LogP contribution in [0.25, 0.3) is 11.1 Å². The number of aryl methyl sites for hydroxylation is 1. The first-order valence-corrected chi connectivity index (χ1v) is 10.4. The first-order valence-electron chi connectivity index (χ1n) is 8.91. The molecule has 0 fully saturated rings. The monoisotopic (exact) mass is 388 g/mol. The number of nitrogens with zero attached hydrogens (tertiary/aromatic N) is 1. The highest BCUT2D eigenvalue weighted by Crippen LogP contribution is 2.43. The largest absolute Gasteiger partial charge is 0.383 e.